The van der Waals surface area contributed by atoms with E-state index in [2.05, 4.69) is 18.3 Å². The number of hydrogen-bond acceptors (Lipinski definition) is 2. The molecule has 0 spiro atoms. The van der Waals surface area contributed by atoms with Crippen molar-refractivity contribution in [2.24, 2.45) is 5.41 Å². The van der Waals surface area contributed by atoms with Gasteiger partial charge in [-0.15, -0.1) is 0 Å². The largest absolute Gasteiger partial charge is 0.316 e. The smallest absolute Gasteiger partial charge is 0.165 e. The van der Waals surface area contributed by atoms with E-state index in [1.807, 2.05) is 0 Å². The molecule has 1 fully saturated rings. The van der Waals surface area contributed by atoms with E-state index < -0.39 is 0 Å². The molecule has 1 atom stereocenters. The highest BCUT2D eigenvalue weighted by atomic mass is 16.1. The van der Waals surface area contributed by atoms with Gasteiger partial charge < -0.3 is 5.32 Å². The fourth-order valence-electron chi connectivity index (χ4n) is 3.48. The summed E-state index contributed by atoms with van der Waals surface area (Å²) in [6.45, 7) is 4.11. The Morgan fingerprint density at radius 2 is 2.17 bits per heavy atom. The summed E-state index contributed by atoms with van der Waals surface area (Å²) in [5.74, 6) is 0.469. The van der Waals surface area contributed by atoms with Crippen molar-refractivity contribution in [3.63, 3.8) is 0 Å². The van der Waals surface area contributed by atoms with E-state index in [0.717, 1.165) is 50.8 Å². The zero-order valence-electron chi connectivity index (χ0n) is 11.8. The highest BCUT2D eigenvalue weighted by Crippen LogP contribution is 2.36. The normalized spacial score (nSPS) is 29.5. The minimum absolute atomic E-state index is 0.0697. The van der Waals surface area contributed by atoms with Crippen molar-refractivity contribution in [3.05, 3.63) is 11.6 Å². The quantitative estimate of drug-likeness (QED) is 0.824. The first kappa shape index (κ1) is 13.8. The first-order valence-electron chi connectivity index (χ1n) is 7.73. The summed E-state index contributed by atoms with van der Waals surface area (Å²) < 4.78 is 0. The van der Waals surface area contributed by atoms with Crippen LogP contribution >= 0.6 is 0 Å². The molecule has 2 rings (SSSR count). The summed E-state index contributed by atoms with van der Waals surface area (Å²) in [5, 5.41) is 3.40. The Labute approximate surface area is 111 Å². The monoisotopic (exact) mass is 249 g/mol. The Morgan fingerprint density at radius 1 is 1.33 bits per heavy atom. The number of ketones is 1. The molecule has 18 heavy (non-hydrogen) atoms. The summed E-state index contributed by atoms with van der Waals surface area (Å²) in [6.07, 6.45) is 12.7. The predicted molar refractivity (Wildman–Crippen MR) is 75.6 cm³/mol. The molecular weight excluding hydrogens is 222 g/mol. The van der Waals surface area contributed by atoms with Crippen LogP contribution in [0.2, 0.25) is 0 Å². The third-order valence-corrected chi connectivity index (χ3v) is 4.54. The summed E-state index contributed by atoms with van der Waals surface area (Å²) >= 11 is 0. The Kier molecular flexibility index (Phi) is 4.99. The molecule has 0 aromatic rings. The van der Waals surface area contributed by atoms with E-state index in [1.54, 1.807) is 0 Å². The van der Waals surface area contributed by atoms with E-state index in [1.165, 1.54) is 25.7 Å². The molecule has 1 heterocycles. The van der Waals surface area contributed by atoms with E-state index in [9.17, 15) is 4.79 Å². The molecule has 0 aromatic carbocycles. The second-order valence-electron chi connectivity index (χ2n) is 5.97. The Morgan fingerprint density at radius 3 is 2.89 bits per heavy atom. The zero-order valence-corrected chi connectivity index (χ0v) is 11.8. The second kappa shape index (κ2) is 6.51. The molecule has 1 unspecified atom stereocenters. The van der Waals surface area contributed by atoms with Gasteiger partial charge in [0.05, 0.1) is 0 Å². The third-order valence-electron chi connectivity index (χ3n) is 4.54. The van der Waals surface area contributed by atoms with Crippen LogP contribution in [0.5, 0.6) is 0 Å². The van der Waals surface area contributed by atoms with Gasteiger partial charge in [-0.2, -0.15) is 0 Å². The summed E-state index contributed by atoms with van der Waals surface area (Å²) in [6, 6.07) is 0. The number of nitrogens with one attached hydrogen (secondary N) is 1. The molecule has 102 valence electrons. The van der Waals surface area contributed by atoms with Gasteiger partial charge in [0, 0.05) is 12.0 Å². The SMILES string of the molecule is CCCC1(C(=O)C2=CCCCCCC2)CCNC1. The lowest BCUT2D eigenvalue weighted by Crippen LogP contribution is -2.34. The highest BCUT2D eigenvalue weighted by molar-refractivity contribution is 6.00. The van der Waals surface area contributed by atoms with Gasteiger partial charge in [-0.05, 0) is 50.6 Å². The van der Waals surface area contributed by atoms with E-state index in [0.29, 0.717) is 5.78 Å². The maximum Gasteiger partial charge on any atom is 0.165 e. The lowest BCUT2D eigenvalue weighted by atomic mass is 9.74. The maximum absolute atomic E-state index is 12.9. The number of Topliss-reactive ketones (excluding diaryl/α,β-unsaturated/α-hetero) is 1. The molecule has 0 amide bonds. The van der Waals surface area contributed by atoms with Crippen LogP contribution in [-0.4, -0.2) is 18.9 Å². The number of carbonyl (C=O) groups excluding carboxylic acids is 1. The predicted octanol–water partition coefficient (Wildman–Crippen LogP) is 3.62. The van der Waals surface area contributed by atoms with Crippen molar-refractivity contribution >= 4 is 5.78 Å². The van der Waals surface area contributed by atoms with E-state index >= 15 is 0 Å². The van der Waals surface area contributed by atoms with E-state index in [-0.39, 0.29) is 5.41 Å². The third kappa shape index (κ3) is 3.03. The van der Waals surface area contributed by atoms with Crippen molar-refractivity contribution in [3.8, 4) is 0 Å². The number of rotatable bonds is 4. The lowest BCUT2D eigenvalue weighted by molar-refractivity contribution is -0.124. The van der Waals surface area contributed by atoms with Crippen molar-refractivity contribution < 1.29 is 4.79 Å². The summed E-state index contributed by atoms with van der Waals surface area (Å²) in [7, 11) is 0. The van der Waals surface area contributed by atoms with Gasteiger partial charge in [-0.25, -0.2) is 0 Å². The Balaban J connectivity index is 2.11. The average Bonchev–Trinajstić information content (AvgIpc) is 2.78. The molecule has 1 aliphatic carbocycles. The second-order valence-corrected chi connectivity index (χ2v) is 5.97. The van der Waals surface area contributed by atoms with Gasteiger partial charge >= 0.3 is 0 Å². The van der Waals surface area contributed by atoms with E-state index in [4.69, 9.17) is 0 Å². The van der Waals surface area contributed by atoms with Crippen molar-refractivity contribution in [1.29, 1.82) is 0 Å². The van der Waals surface area contributed by atoms with Crippen LogP contribution < -0.4 is 5.32 Å². The van der Waals surface area contributed by atoms with Gasteiger partial charge in [-0.3, -0.25) is 4.79 Å². The minimum atomic E-state index is -0.0697. The average molecular weight is 249 g/mol. The first-order valence-corrected chi connectivity index (χ1v) is 7.73. The number of hydrogen-bond donors (Lipinski definition) is 1. The molecule has 2 aliphatic rings. The van der Waals surface area contributed by atoms with Gasteiger partial charge in [0.15, 0.2) is 5.78 Å². The molecule has 1 aliphatic heterocycles. The van der Waals surface area contributed by atoms with Gasteiger partial charge in [0.1, 0.15) is 0 Å². The van der Waals surface area contributed by atoms with Gasteiger partial charge in [0.2, 0.25) is 0 Å². The molecule has 2 nitrogen and oxygen atoms in total. The van der Waals surface area contributed by atoms with Crippen LogP contribution in [-0.2, 0) is 4.79 Å². The number of carbonyl (C=O) groups is 1. The van der Waals surface area contributed by atoms with Gasteiger partial charge in [-0.1, -0.05) is 32.3 Å². The van der Waals surface area contributed by atoms with Crippen LogP contribution in [0.3, 0.4) is 0 Å². The zero-order chi connectivity index (χ0) is 12.8. The maximum atomic E-state index is 12.9. The lowest BCUT2D eigenvalue weighted by Gasteiger charge is -2.28. The fourth-order valence-corrected chi connectivity index (χ4v) is 3.48. The molecule has 1 N–H and O–H groups in total. The minimum Gasteiger partial charge on any atom is -0.316 e. The molecule has 2 heteroatoms. The summed E-state index contributed by atoms with van der Waals surface area (Å²) in [4.78, 5) is 12.9. The molecule has 0 radical (unpaired) electrons. The number of allylic oxidation sites excluding steroid dienone is 2. The van der Waals surface area contributed by atoms with Crippen LogP contribution in [0.4, 0.5) is 0 Å². The van der Waals surface area contributed by atoms with Gasteiger partial charge in [0.25, 0.3) is 0 Å². The highest BCUT2D eigenvalue weighted by Gasteiger charge is 2.40. The Bertz CT molecular complexity index is 313. The molecular formula is C16H27NO. The topological polar surface area (TPSA) is 29.1 Å². The molecule has 0 bridgehead atoms. The standard InChI is InChI=1S/C16H27NO/c1-2-10-16(11-12-17-13-16)15(18)14-8-6-4-3-5-7-9-14/h8,17H,2-7,9-13H2,1H3. The molecule has 0 aromatic heterocycles. The molecule has 0 saturated carbocycles. The van der Waals surface area contributed by atoms with Crippen LogP contribution in [0.1, 0.15) is 64.7 Å². The Hall–Kier alpha value is -0.630. The fraction of sp³-hybridized carbons (Fsp3) is 0.812. The van der Waals surface area contributed by atoms with Crippen LogP contribution in [0.25, 0.3) is 0 Å². The first-order chi connectivity index (χ1) is 8.78. The summed E-state index contributed by atoms with van der Waals surface area (Å²) in [5.41, 5.74) is 1.08. The van der Waals surface area contributed by atoms with Crippen molar-refractivity contribution in [2.75, 3.05) is 13.1 Å². The van der Waals surface area contributed by atoms with Crippen molar-refractivity contribution in [2.45, 2.75) is 64.7 Å². The molecule has 1 saturated heterocycles. The van der Waals surface area contributed by atoms with Crippen LogP contribution in [0, 0.1) is 5.41 Å². The van der Waals surface area contributed by atoms with Crippen molar-refractivity contribution in [1.82, 2.24) is 5.32 Å². The van der Waals surface area contributed by atoms with Crippen LogP contribution in [0.15, 0.2) is 11.6 Å².